The van der Waals surface area contributed by atoms with Gasteiger partial charge in [0.1, 0.15) is 17.3 Å². The maximum Gasteiger partial charge on any atom is 0.228 e. The third kappa shape index (κ3) is 4.03. The van der Waals surface area contributed by atoms with Gasteiger partial charge in [-0.15, -0.1) is 0 Å². The minimum absolute atomic E-state index is 0.114. The molecule has 3 rings (SSSR count). The van der Waals surface area contributed by atoms with Crippen LogP contribution in [0.1, 0.15) is 22.6 Å². The SMILES string of the molecule is Cc1cc(NC(=O)Cc2c(C)noc2C)ccc1Oc1ccncc1. The summed E-state index contributed by atoms with van der Waals surface area (Å²) in [5.41, 5.74) is 3.21. The number of nitrogens with zero attached hydrogens (tertiary/aromatic N) is 2. The molecule has 0 radical (unpaired) electrons. The highest BCUT2D eigenvalue weighted by Gasteiger charge is 2.14. The van der Waals surface area contributed by atoms with Crippen molar-refractivity contribution >= 4 is 11.6 Å². The van der Waals surface area contributed by atoms with Crippen molar-refractivity contribution < 1.29 is 14.1 Å². The van der Waals surface area contributed by atoms with Gasteiger partial charge in [0.25, 0.3) is 0 Å². The molecule has 0 saturated heterocycles. The lowest BCUT2D eigenvalue weighted by Gasteiger charge is -2.11. The number of carbonyl (C=O) groups excluding carboxylic acids is 1. The zero-order valence-electron chi connectivity index (χ0n) is 14.4. The monoisotopic (exact) mass is 337 g/mol. The number of nitrogens with one attached hydrogen (secondary N) is 1. The molecule has 0 unspecified atom stereocenters. The van der Waals surface area contributed by atoms with Crippen LogP contribution in [0.25, 0.3) is 0 Å². The average molecular weight is 337 g/mol. The van der Waals surface area contributed by atoms with Crippen LogP contribution in [0.15, 0.2) is 47.2 Å². The molecule has 2 heterocycles. The van der Waals surface area contributed by atoms with Crippen molar-refractivity contribution in [1.29, 1.82) is 0 Å². The van der Waals surface area contributed by atoms with Crippen molar-refractivity contribution in [3.05, 3.63) is 65.3 Å². The van der Waals surface area contributed by atoms with Crippen molar-refractivity contribution in [2.45, 2.75) is 27.2 Å². The van der Waals surface area contributed by atoms with Crippen LogP contribution in [-0.2, 0) is 11.2 Å². The first-order valence-corrected chi connectivity index (χ1v) is 7.93. The first-order valence-electron chi connectivity index (χ1n) is 7.93. The van der Waals surface area contributed by atoms with E-state index in [1.807, 2.05) is 32.0 Å². The molecule has 2 aromatic heterocycles. The number of aromatic nitrogens is 2. The fraction of sp³-hybridized carbons (Fsp3) is 0.211. The lowest BCUT2D eigenvalue weighted by atomic mass is 10.1. The van der Waals surface area contributed by atoms with Crippen LogP contribution in [0, 0.1) is 20.8 Å². The molecule has 0 saturated carbocycles. The van der Waals surface area contributed by atoms with Crippen molar-refractivity contribution in [1.82, 2.24) is 10.1 Å². The molecule has 0 spiro atoms. The zero-order valence-corrected chi connectivity index (χ0v) is 14.4. The summed E-state index contributed by atoms with van der Waals surface area (Å²) in [5.74, 6) is 2.00. The second-order valence-corrected chi connectivity index (χ2v) is 5.79. The summed E-state index contributed by atoms with van der Waals surface area (Å²) in [6.45, 7) is 5.56. The highest BCUT2D eigenvalue weighted by atomic mass is 16.5. The molecule has 0 bridgehead atoms. The van der Waals surface area contributed by atoms with Crippen LogP contribution in [0.2, 0.25) is 0 Å². The molecule has 25 heavy (non-hydrogen) atoms. The van der Waals surface area contributed by atoms with Crippen molar-refractivity contribution in [2.75, 3.05) is 5.32 Å². The highest BCUT2D eigenvalue weighted by Crippen LogP contribution is 2.27. The Morgan fingerprint density at radius 2 is 1.92 bits per heavy atom. The molecule has 128 valence electrons. The van der Waals surface area contributed by atoms with Crippen LogP contribution in [0.3, 0.4) is 0 Å². The van der Waals surface area contributed by atoms with E-state index in [2.05, 4.69) is 15.5 Å². The number of hydrogen-bond acceptors (Lipinski definition) is 5. The summed E-state index contributed by atoms with van der Waals surface area (Å²) in [6, 6.07) is 9.11. The Kier molecular flexibility index (Phi) is 4.79. The minimum Gasteiger partial charge on any atom is -0.457 e. The Morgan fingerprint density at radius 3 is 2.56 bits per heavy atom. The van der Waals surface area contributed by atoms with E-state index in [1.165, 1.54) is 0 Å². The van der Waals surface area contributed by atoms with E-state index in [9.17, 15) is 4.79 Å². The van der Waals surface area contributed by atoms with E-state index < -0.39 is 0 Å². The standard InChI is InChI=1S/C19H19N3O3/c1-12-10-15(4-5-18(12)24-16-6-8-20-9-7-16)21-19(23)11-17-13(2)22-25-14(17)3/h4-10H,11H2,1-3H3,(H,21,23). The summed E-state index contributed by atoms with van der Waals surface area (Å²) in [4.78, 5) is 16.2. The molecule has 6 heteroatoms. The van der Waals surface area contributed by atoms with Crippen molar-refractivity contribution in [2.24, 2.45) is 0 Å². The molecule has 3 aromatic rings. The fourth-order valence-electron chi connectivity index (χ4n) is 2.49. The van der Waals surface area contributed by atoms with Gasteiger partial charge in [-0.1, -0.05) is 5.16 Å². The molecule has 0 aliphatic rings. The molecule has 1 aromatic carbocycles. The molecular weight excluding hydrogens is 318 g/mol. The molecule has 6 nitrogen and oxygen atoms in total. The number of pyridine rings is 1. The summed E-state index contributed by atoms with van der Waals surface area (Å²) < 4.78 is 10.9. The molecule has 0 fully saturated rings. The number of carbonyl (C=O) groups is 1. The lowest BCUT2D eigenvalue weighted by Crippen LogP contribution is -2.15. The Bertz CT molecular complexity index is 869. The fourth-order valence-corrected chi connectivity index (χ4v) is 2.49. The molecular formula is C19H19N3O3. The first kappa shape index (κ1) is 16.7. The van der Waals surface area contributed by atoms with Crippen LogP contribution >= 0.6 is 0 Å². The van der Waals surface area contributed by atoms with E-state index in [4.69, 9.17) is 9.26 Å². The van der Waals surface area contributed by atoms with Gasteiger partial charge in [-0.25, -0.2) is 0 Å². The van der Waals surface area contributed by atoms with E-state index in [0.29, 0.717) is 11.5 Å². The maximum absolute atomic E-state index is 12.3. The Morgan fingerprint density at radius 1 is 1.16 bits per heavy atom. The minimum atomic E-state index is -0.114. The van der Waals surface area contributed by atoms with Gasteiger partial charge in [0.2, 0.25) is 5.91 Å². The van der Waals surface area contributed by atoms with Crippen LogP contribution in [0.5, 0.6) is 11.5 Å². The third-order valence-corrected chi connectivity index (χ3v) is 3.85. The van der Waals surface area contributed by atoms with Crippen LogP contribution < -0.4 is 10.1 Å². The second kappa shape index (κ2) is 7.17. The second-order valence-electron chi connectivity index (χ2n) is 5.79. The smallest absolute Gasteiger partial charge is 0.228 e. The number of hydrogen-bond donors (Lipinski definition) is 1. The Labute approximate surface area is 145 Å². The van der Waals surface area contributed by atoms with Crippen LogP contribution in [0.4, 0.5) is 5.69 Å². The number of aryl methyl sites for hydroxylation is 3. The molecule has 1 amide bonds. The largest absolute Gasteiger partial charge is 0.457 e. The topological polar surface area (TPSA) is 77.2 Å². The molecule has 0 aliphatic carbocycles. The number of rotatable bonds is 5. The average Bonchev–Trinajstić information content (AvgIpc) is 2.90. The number of ether oxygens (including phenoxy) is 1. The van der Waals surface area contributed by atoms with Gasteiger partial charge >= 0.3 is 0 Å². The predicted molar refractivity (Wildman–Crippen MR) is 93.8 cm³/mol. The first-order chi connectivity index (χ1) is 12.0. The molecule has 0 atom stereocenters. The van der Waals surface area contributed by atoms with Crippen LogP contribution in [-0.4, -0.2) is 16.0 Å². The van der Waals surface area contributed by atoms with E-state index >= 15 is 0 Å². The summed E-state index contributed by atoms with van der Waals surface area (Å²) in [5, 5.41) is 6.76. The quantitative estimate of drug-likeness (QED) is 0.762. The van der Waals surface area contributed by atoms with Gasteiger partial charge in [0.15, 0.2) is 0 Å². The Hall–Kier alpha value is -3.15. The van der Waals surface area contributed by atoms with E-state index in [0.717, 1.165) is 28.3 Å². The predicted octanol–water partition coefficient (Wildman–Crippen LogP) is 3.97. The maximum atomic E-state index is 12.3. The zero-order chi connectivity index (χ0) is 17.8. The lowest BCUT2D eigenvalue weighted by molar-refractivity contribution is -0.115. The molecule has 0 aliphatic heterocycles. The van der Waals surface area contributed by atoms with Gasteiger partial charge in [0.05, 0.1) is 12.1 Å². The van der Waals surface area contributed by atoms with Gasteiger partial charge in [-0.05, 0) is 56.7 Å². The van der Waals surface area contributed by atoms with Gasteiger partial charge in [-0.3, -0.25) is 9.78 Å². The van der Waals surface area contributed by atoms with Gasteiger partial charge in [-0.2, -0.15) is 0 Å². The van der Waals surface area contributed by atoms with E-state index in [1.54, 1.807) is 31.5 Å². The van der Waals surface area contributed by atoms with Gasteiger partial charge in [0, 0.05) is 23.6 Å². The normalized spacial score (nSPS) is 10.5. The highest BCUT2D eigenvalue weighted by molar-refractivity contribution is 5.92. The number of amides is 1. The van der Waals surface area contributed by atoms with Crippen molar-refractivity contribution in [3.63, 3.8) is 0 Å². The van der Waals surface area contributed by atoms with Gasteiger partial charge < -0.3 is 14.6 Å². The number of anilines is 1. The number of benzene rings is 1. The summed E-state index contributed by atoms with van der Waals surface area (Å²) in [7, 11) is 0. The third-order valence-electron chi connectivity index (χ3n) is 3.85. The summed E-state index contributed by atoms with van der Waals surface area (Å²) >= 11 is 0. The van der Waals surface area contributed by atoms with E-state index in [-0.39, 0.29) is 12.3 Å². The Balaban J connectivity index is 1.67. The summed E-state index contributed by atoms with van der Waals surface area (Å²) in [6.07, 6.45) is 3.58. The molecule has 1 N–H and O–H groups in total. The van der Waals surface area contributed by atoms with Crippen molar-refractivity contribution in [3.8, 4) is 11.5 Å².